The lowest BCUT2D eigenvalue weighted by Gasteiger charge is -2.64. The molecule has 21 heteroatoms. The predicted molar refractivity (Wildman–Crippen MR) is 216 cm³/mol. The molecule has 6 aliphatic heterocycles. The molecule has 0 aromatic rings. The summed E-state index contributed by atoms with van der Waals surface area (Å²) >= 11 is 0. The fraction of sp³-hybridized carbons (Fsp3) is 0.969. The fourth-order valence-electron chi connectivity index (χ4n) is 8.26. The number of nitriles is 1. The third kappa shape index (κ3) is 10.5. The van der Waals surface area contributed by atoms with E-state index in [9.17, 15) is 5.26 Å². The van der Waals surface area contributed by atoms with Crippen molar-refractivity contribution < 1.29 is 49.4 Å². The fourth-order valence-corrected chi connectivity index (χ4v) is 59.8. The van der Waals surface area contributed by atoms with E-state index in [4.69, 9.17) is 49.4 Å². The molecule has 0 radical (unpaired) electrons. The summed E-state index contributed by atoms with van der Waals surface area (Å²) < 4.78 is 92.4. The molecule has 0 atom stereocenters. The van der Waals surface area contributed by atoms with Crippen molar-refractivity contribution in [2.75, 3.05) is 0 Å². The van der Waals surface area contributed by atoms with E-state index in [0.29, 0.717) is 61.2 Å². The molecule has 6 aliphatic rings. The molecule has 0 unspecified atom stereocenters. The van der Waals surface area contributed by atoms with E-state index in [-0.39, 0.29) is 41.4 Å². The van der Waals surface area contributed by atoms with Gasteiger partial charge in [0.2, 0.25) is 0 Å². The Labute approximate surface area is 329 Å². The molecular weight excluding hydrogens is 815 g/mol. The van der Waals surface area contributed by atoms with Crippen molar-refractivity contribution in [1.82, 2.24) is 0 Å². The Bertz CT molecular complexity index is 1170. The first kappa shape index (κ1) is 44.8. The van der Waals surface area contributed by atoms with Gasteiger partial charge in [-0.15, -0.1) is 0 Å². The topological polar surface area (TPSA) is 135 Å². The van der Waals surface area contributed by atoms with E-state index in [1.807, 2.05) is 0 Å². The Hall–Kier alpha value is 0.745. The summed E-state index contributed by atoms with van der Waals surface area (Å²) in [6.45, 7) is 30.1. The van der Waals surface area contributed by atoms with Crippen LogP contribution in [0.25, 0.3) is 0 Å². The van der Waals surface area contributed by atoms with Gasteiger partial charge in [-0.1, -0.05) is 96.9 Å². The highest BCUT2D eigenvalue weighted by atomic mass is 28.6. The van der Waals surface area contributed by atoms with Crippen molar-refractivity contribution in [3.8, 4) is 6.07 Å². The normalized spacial score (nSPS) is 41.1. The highest BCUT2D eigenvalue weighted by Gasteiger charge is 2.83. The van der Waals surface area contributed by atoms with Crippen LogP contribution in [0.15, 0.2) is 0 Å². The Kier molecular flexibility index (Phi) is 13.9. The van der Waals surface area contributed by atoms with Crippen LogP contribution >= 0.6 is 0 Å². The van der Waals surface area contributed by atoms with E-state index in [1.165, 1.54) is 0 Å². The van der Waals surface area contributed by atoms with Gasteiger partial charge in [0.25, 0.3) is 0 Å². The molecule has 306 valence electrons. The van der Waals surface area contributed by atoms with Crippen molar-refractivity contribution in [3.63, 3.8) is 0 Å². The van der Waals surface area contributed by atoms with Gasteiger partial charge < -0.3 is 49.4 Å². The number of rotatable bonds is 17. The standard InChI is InChI=1S/C32H69NO12Si8/c1-26(2)19-47-34-46(18-16-15-17-33)35-48(20-27(3)4)39-50(37-47,22-29(7)8)43-53(25-32(13)14)44-51(38-47,23-30(9)10)40-49(36-46,21-28(5)6)42-52(41-48,45-53)24-31(11)12/h26-32H,15-16,18-25H2,1-14H3. The summed E-state index contributed by atoms with van der Waals surface area (Å²) in [5.41, 5.74) is 0. The number of nitrogens with zero attached hydrogens (tertiary/aromatic N) is 1. The molecule has 0 saturated carbocycles. The summed E-state index contributed by atoms with van der Waals surface area (Å²) in [6.07, 6.45) is 0.785. The molecule has 0 aliphatic carbocycles. The van der Waals surface area contributed by atoms with E-state index in [1.54, 1.807) is 0 Å². The van der Waals surface area contributed by atoms with E-state index in [0.717, 1.165) is 0 Å². The third-order valence-electron chi connectivity index (χ3n) is 9.11. The summed E-state index contributed by atoms with van der Waals surface area (Å²) in [4.78, 5) is 0. The minimum atomic E-state index is -3.98. The van der Waals surface area contributed by atoms with Gasteiger partial charge in [0.1, 0.15) is 0 Å². The number of hydrogen-bond acceptors (Lipinski definition) is 13. The first-order chi connectivity index (χ1) is 24.5. The molecule has 6 saturated heterocycles. The molecule has 8 bridgehead atoms. The molecule has 6 heterocycles. The van der Waals surface area contributed by atoms with Gasteiger partial charge in [-0.3, -0.25) is 0 Å². The van der Waals surface area contributed by atoms with Crippen molar-refractivity contribution in [1.29, 1.82) is 5.26 Å². The maximum Gasteiger partial charge on any atom is 0.479 e. The minimum Gasteiger partial charge on any atom is -0.373 e. The van der Waals surface area contributed by atoms with E-state index in [2.05, 4.69) is 103 Å². The van der Waals surface area contributed by atoms with Crippen LogP contribution in [0, 0.1) is 52.8 Å². The van der Waals surface area contributed by atoms with Crippen molar-refractivity contribution in [2.24, 2.45) is 41.4 Å². The van der Waals surface area contributed by atoms with Crippen molar-refractivity contribution in [3.05, 3.63) is 0 Å². The van der Waals surface area contributed by atoms with Gasteiger partial charge in [0.05, 0.1) is 6.07 Å². The zero-order chi connectivity index (χ0) is 39.3. The maximum absolute atomic E-state index is 9.77. The van der Waals surface area contributed by atoms with Crippen LogP contribution in [0.3, 0.4) is 0 Å². The van der Waals surface area contributed by atoms with Crippen molar-refractivity contribution >= 4 is 70.4 Å². The summed E-state index contributed by atoms with van der Waals surface area (Å²) in [5.74, 6) is 0.783. The third-order valence-corrected chi connectivity index (χ3v) is 49.1. The van der Waals surface area contributed by atoms with Gasteiger partial charge in [-0.25, -0.2) is 0 Å². The smallest absolute Gasteiger partial charge is 0.373 e. The Morgan fingerprint density at radius 3 is 0.642 bits per heavy atom. The zero-order valence-electron chi connectivity index (χ0n) is 35.0. The predicted octanol–water partition coefficient (Wildman–Crippen LogP) is 8.66. The van der Waals surface area contributed by atoms with E-state index < -0.39 is 70.4 Å². The van der Waals surface area contributed by atoms with Crippen molar-refractivity contribution in [2.45, 2.75) is 158 Å². The molecular formula is C32H69NO12Si8. The minimum absolute atomic E-state index is 0.103. The summed E-state index contributed by atoms with van der Waals surface area (Å²) in [6, 6.07) is 5.93. The molecule has 0 aromatic heterocycles. The van der Waals surface area contributed by atoms with Gasteiger partial charge in [0, 0.05) is 54.8 Å². The van der Waals surface area contributed by atoms with Crippen LogP contribution in [0.2, 0.25) is 48.4 Å². The quantitative estimate of drug-likeness (QED) is 0.102. The Morgan fingerprint density at radius 1 is 0.321 bits per heavy atom. The Balaban J connectivity index is 1.96. The molecule has 0 N–H and O–H groups in total. The van der Waals surface area contributed by atoms with Crippen LogP contribution in [0.1, 0.15) is 110 Å². The second-order valence-electron chi connectivity index (χ2n) is 18.9. The van der Waals surface area contributed by atoms with Crippen LogP contribution in [0.5, 0.6) is 0 Å². The second-order valence-corrected chi connectivity index (χ2v) is 43.0. The SMILES string of the molecule is CC(C)C[Si]12O[Si]3(CCCC#N)O[Si]4(CC(C)C)O[Si](CC(C)C)(O1)O[Si]1(CC(C)C)O[Si](CC(C)C)(O2)O[Si](CC(C)C)(O3)O[Si](CC(C)C)(O4)O1. The highest BCUT2D eigenvalue weighted by molar-refractivity contribution is 7.03. The molecule has 53 heavy (non-hydrogen) atoms. The highest BCUT2D eigenvalue weighted by Crippen LogP contribution is 2.55. The number of unbranched alkanes of at least 4 members (excludes halogenated alkanes) is 1. The second kappa shape index (κ2) is 16.4. The molecule has 0 spiro atoms. The van der Waals surface area contributed by atoms with Crippen LogP contribution in [-0.4, -0.2) is 70.4 Å². The average Bonchev–Trinajstić information content (AvgIpc) is 2.85. The lowest BCUT2D eigenvalue weighted by atomic mass is 10.3. The molecule has 6 fully saturated rings. The largest absolute Gasteiger partial charge is 0.479 e. The lowest BCUT2D eigenvalue weighted by molar-refractivity contribution is -0.0340. The zero-order valence-corrected chi connectivity index (χ0v) is 43.0. The number of hydrogen-bond donors (Lipinski definition) is 0. The molecule has 6 rings (SSSR count). The lowest BCUT2D eigenvalue weighted by Crippen LogP contribution is -2.88. The molecule has 0 aromatic carbocycles. The van der Waals surface area contributed by atoms with Gasteiger partial charge in [-0.05, 0) is 47.8 Å². The van der Waals surface area contributed by atoms with E-state index >= 15 is 0 Å². The summed E-state index contributed by atoms with van der Waals surface area (Å²) in [5, 5.41) is 9.77. The monoisotopic (exact) mass is 883 g/mol. The molecule has 0 amide bonds. The Morgan fingerprint density at radius 2 is 0.491 bits per heavy atom. The molecule has 13 nitrogen and oxygen atoms in total. The first-order valence-electron chi connectivity index (χ1n) is 20.2. The van der Waals surface area contributed by atoms with Crippen LogP contribution in [0.4, 0.5) is 0 Å². The van der Waals surface area contributed by atoms with Crippen LogP contribution in [-0.2, 0) is 49.4 Å². The van der Waals surface area contributed by atoms with Gasteiger partial charge >= 0.3 is 70.4 Å². The summed E-state index contributed by atoms with van der Waals surface area (Å²) in [7, 11) is -31.4. The average molecular weight is 885 g/mol. The van der Waals surface area contributed by atoms with Gasteiger partial charge in [0.15, 0.2) is 0 Å². The maximum atomic E-state index is 9.77. The van der Waals surface area contributed by atoms with Crippen LogP contribution < -0.4 is 0 Å². The first-order valence-corrected chi connectivity index (χ1v) is 35.7. The van der Waals surface area contributed by atoms with Gasteiger partial charge in [-0.2, -0.15) is 5.26 Å².